The average molecular weight is 230 g/mol. The molecule has 0 bridgehead atoms. The molecule has 0 saturated heterocycles. The van der Waals surface area contributed by atoms with E-state index in [1.165, 1.54) is 43.5 Å². The lowest BCUT2D eigenvalue weighted by Crippen LogP contribution is -2.41. The van der Waals surface area contributed by atoms with Gasteiger partial charge in [-0.25, -0.2) is 0 Å². The van der Waals surface area contributed by atoms with Crippen LogP contribution in [0.1, 0.15) is 31.7 Å². The Bertz CT molecular complexity index is 384. The molecule has 2 heteroatoms. The first-order valence-corrected chi connectivity index (χ1v) is 6.96. The van der Waals surface area contributed by atoms with E-state index >= 15 is 0 Å². The first kappa shape index (κ1) is 11.1. The fraction of sp³-hybridized carbons (Fsp3) is 0.600. The first-order chi connectivity index (χ1) is 8.38. The average Bonchev–Trinajstić information content (AvgIpc) is 3.10. The Kier molecular flexibility index (Phi) is 3.06. The van der Waals surface area contributed by atoms with Gasteiger partial charge < -0.3 is 10.2 Å². The quantitative estimate of drug-likeness (QED) is 0.836. The second-order valence-electron chi connectivity index (χ2n) is 5.32. The topological polar surface area (TPSA) is 15.3 Å². The normalized spacial score (nSPS) is 20.4. The van der Waals surface area contributed by atoms with E-state index < -0.39 is 0 Å². The molecule has 1 fully saturated rings. The molecule has 1 N–H and O–H groups in total. The molecular weight excluding hydrogens is 208 g/mol. The second-order valence-corrected chi connectivity index (χ2v) is 5.32. The summed E-state index contributed by atoms with van der Waals surface area (Å²) in [5.74, 6) is 0. The summed E-state index contributed by atoms with van der Waals surface area (Å²) in [6.07, 6.45) is 5.21. The SMILES string of the molecule is CCC(CNC1CC1)N1CCc2ccccc21. The van der Waals surface area contributed by atoms with Crippen molar-refractivity contribution in [2.75, 3.05) is 18.0 Å². The van der Waals surface area contributed by atoms with Gasteiger partial charge in [-0.1, -0.05) is 25.1 Å². The van der Waals surface area contributed by atoms with Gasteiger partial charge in [0.2, 0.25) is 0 Å². The van der Waals surface area contributed by atoms with Crippen molar-refractivity contribution >= 4 is 5.69 Å². The van der Waals surface area contributed by atoms with Crippen molar-refractivity contribution in [1.29, 1.82) is 0 Å². The Morgan fingerprint density at radius 1 is 1.35 bits per heavy atom. The molecule has 0 spiro atoms. The minimum Gasteiger partial charge on any atom is -0.367 e. The highest BCUT2D eigenvalue weighted by atomic mass is 15.2. The van der Waals surface area contributed by atoms with Crippen molar-refractivity contribution in [3.63, 3.8) is 0 Å². The van der Waals surface area contributed by atoms with Crippen LogP contribution in [0.4, 0.5) is 5.69 Å². The molecule has 2 aliphatic rings. The highest BCUT2D eigenvalue weighted by molar-refractivity contribution is 5.58. The van der Waals surface area contributed by atoms with Gasteiger partial charge >= 0.3 is 0 Å². The largest absolute Gasteiger partial charge is 0.367 e. The summed E-state index contributed by atoms with van der Waals surface area (Å²) in [4.78, 5) is 2.60. The van der Waals surface area contributed by atoms with Crippen LogP contribution in [0.15, 0.2) is 24.3 Å². The number of fused-ring (bicyclic) bond motifs is 1. The second kappa shape index (κ2) is 4.69. The van der Waals surface area contributed by atoms with Gasteiger partial charge in [0.15, 0.2) is 0 Å². The molecule has 0 radical (unpaired) electrons. The Labute approximate surface area is 104 Å². The molecule has 1 aliphatic carbocycles. The minimum absolute atomic E-state index is 0.666. The van der Waals surface area contributed by atoms with Gasteiger partial charge in [-0.15, -0.1) is 0 Å². The lowest BCUT2D eigenvalue weighted by atomic mass is 10.1. The zero-order chi connectivity index (χ0) is 11.7. The van der Waals surface area contributed by atoms with Crippen molar-refractivity contribution in [3.8, 4) is 0 Å². The van der Waals surface area contributed by atoms with Gasteiger partial charge in [0.25, 0.3) is 0 Å². The predicted octanol–water partition coefficient (Wildman–Crippen LogP) is 2.58. The maximum Gasteiger partial charge on any atom is 0.0412 e. The van der Waals surface area contributed by atoms with E-state index in [4.69, 9.17) is 0 Å². The molecule has 1 unspecified atom stereocenters. The van der Waals surface area contributed by atoms with Crippen molar-refractivity contribution in [3.05, 3.63) is 29.8 Å². The lowest BCUT2D eigenvalue weighted by Gasteiger charge is -2.30. The van der Waals surface area contributed by atoms with Crippen LogP contribution in [-0.4, -0.2) is 25.2 Å². The summed E-state index contributed by atoms with van der Waals surface area (Å²) in [6.45, 7) is 4.65. The molecule has 0 aromatic heterocycles. The monoisotopic (exact) mass is 230 g/mol. The fourth-order valence-corrected chi connectivity index (χ4v) is 2.81. The molecule has 0 amide bonds. The van der Waals surface area contributed by atoms with Crippen molar-refractivity contribution < 1.29 is 0 Å². The maximum atomic E-state index is 3.67. The molecule has 2 nitrogen and oxygen atoms in total. The number of rotatable bonds is 5. The molecule has 1 heterocycles. The van der Waals surface area contributed by atoms with Crippen molar-refractivity contribution in [2.45, 2.75) is 44.7 Å². The van der Waals surface area contributed by atoms with Crippen LogP contribution in [0.2, 0.25) is 0 Å². The Morgan fingerprint density at radius 3 is 2.94 bits per heavy atom. The van der Waals surface area contributed by atoms with Crippen LogP contribution >= 0.6 is 0 Å². The predicted molar refractivity (Wildman–Crippen MR) is 72.6 cm³/mol. The molecule has 1 saturated carbocycles. The van der Waals surface area contributed by atoms with E-state index in [0.29, 0.717) is 6.04 Å². The smallest absolute Gasteiger partial charge is 0.0412 e. The molecule has 1 atom stereocenters. The van der Waals surface area contributed by atoms with E-state index in [0.717, 1.165) is 12.6 Å². The minimum atomic E-state index is 0.666. The van der Waals surface area contributed by atoms with Crippen LogP contribution in [0.5, 0.6) is 0 Å². The zero-order valence-corrected chi connectivity index (χ0v) is 10.7. The molecule has 1 aromatic carbocycles. The molecule has 3 rings (SSSR count). The zero-order valence-electron chi connectivity index (χ0n) is 10.7. The molecular formula is C15H22N2. The van der Waals surface area contributed by atoms with Crippen molar-refractivity contribution in [1.82, 2.24) is 5.32 Å². The number of benzene rings is 1. The number of nitrogens with zero attached hydrogens (tertiary/aromatic N) is 1. The fourth-order valence-electron chi connectivity index (χ4n) is 2.81. The Balaban J connectivity index is 1.69. The number of para-hydroxylation sites is 1. The van der Waals surface area contributed by atoms with Gasteiger partial charge in [-0.3, -0.25) is 0 Å². The van der Waals surface area contributed by atoms with Crippen LogP contribution in [0, 0.1) is 0 Å². The summed E-state index contributed by atoms with van der Waals surface area (Å²) >= 11 is 0. The summed E-state index contributed by atoms with van der Waals surface area (Å²) in [7, 11) is 0. The summed E-state index contributed by atoms with van der Waals surface area (Å²) < 4.78 is 0. The van der Waals surface area contributed by atoms with Crippen LogP contribution in [0.3, 0.4) is 0 Å². The Morgan fingerprint density at radius 2 is 2.18 bits per heavy atom. The van der Waals surface area contributed by atoms with Gasteiger partial charge in [-0.2, -0.15) is 0 Å². The van der Waals surface area contributed by atoms with E-state index in [1.807, 2.05) is 0 Å². The Hall–Kier alpha value is -1.02. The maximum absolute atomic E-state index is 3.67. The standard InChI is InChI=1S/C15H22N2/c1-2-14(11-16-13-7-8-13)17-10-9-12-5-3-4-6-15(12)17/h3-6,13-14,16H,2,7-11H2,1H3. The summed E-state index contributed by atoms with van der Waals surface area (Å²) in [5, 5.41) is 3.67. The summed E-state index contributed by atoms with van der Waals surface area (Å²) in [6, 6.07) is 10.4. The summed E-state index contributed by atoms with van der Waals surface area (Å²) in [5.41, 5.74) is 2.99. The van der Waals surface area contributed by atoms with Crippen LogP contribution in [-0.2, 0) is 6.42 Å². The highest BCUT2D eigenvalue weighted by Gasteiger charge is 2.27. The van der Waals surface area contributed by atoms with Gasteiger partial charge in [0.1, 0.15) is 0 Å². The molecule has 1 aliphatic heterocycles. The van der Waals surface area contributed by atoms with Crippen LogP contribution in [0.25, 0.3) is 0 Å². The number of anilines is 1. The van der Waals surface area contributed by atoms with E-state index in [-0.39, 0.29) is 0 Å². The molecule has 92 valence electrons. The number of hydrogen-bond donors (Lipinski definition) is 1. The molecule has 1 aromatic rings. The number of hydrogen-bond acceptors (Lipinski definition) is 2. The molecule has 17 heavy (non-hydrogen) atoms. The van der Waals surface area contributed by atoms with Gasteiger partial charge in [0, 0.05) is 30.9 Å². The van der Waals surface area contributed by atoms with E-state index in [9.17, 15) is 0 Å². The third kappa shape index (κ3) is 2.32. The lowest BCUT2D eigenvalue weighted by molar-refractivity contribution is 0.526. The van der Waals surface area contributed by atoms with Crippen LogP contribution < -0.4 is 10.2 Å². The first-order valence-electron chi connectivity index (χ1n) is 6.96. The van der Waals surface area contributed by atoms with Crippen molar-refractivity contribution in [2.24, 2.45) is 0 Å². The third-order valence-electron chi connectivity index (χ3n) is 4.05. The third-order valence-corrected chi connectivity index (χ3v) is 4.05. The number of nitrogens with one attached hydrogen (secondary N) is 1. The highest BCUT2D eigenvalue weighted by Crippen LogP contribution is 2.30. The van der Waals surface area contributed by atoms with Gasteiger partial charge in [0.05, 0.1) is 0 Å². The van der Waals surface area contributed by atoms with E-state index in [1.54, 1.807) is 0 Å². The van der Waals surface area contributed by atoms with E-state index in [2.05, 4.69) is 41.4 Å². The van der Waals surface area contributed by atoms with Gasteiger partial charge in [-0.05, 0) is 37.3 Å².